The van der Waals surface area contributed by atoms with E-state index in [-0.39, 0.29) is 12.5 Å². The van der Waals surface area contributed by atoms with Gasteiger partial charge in [0.15, 0.2) is 6.61 Å². The molecule has 1 aromatic carbocycles. The lowest BCUT2D eigenvalue weighted by atomic mass is 9.78. The molecule has 22 heavy (non-hydrogen) atoms. The van der Waals surface area contributed by atoms with Crippen LogP contribution in [0.3, 0.4) is 0 Å². The van der Waals surface area contributed by atoms with Crippen molar-refractivity contribution in [2.75, 3.05) is 6.61 Å². The molecule has 1 aliphatic carbocycles. The van der Waals surface area contributed by atoms with Gasteiger partial charge in [-0.3, -0.25) is 4.79 Å². The van der Waals surface area contributed by atoms with E-state index < -0.39 is 0 Å². The Hall–Kier alpha value is -1.51. The number of carbonyl (C=O) groups is 1. The fraction of sp³-hybridized carbons (Fsp3) is 0.632. The van der Waals surface area contributed by atoms with E-state index in [0.29, 0.717) is 17.9 Å². The lowest BCUT2D eigenvalue weighted by Crippen LogP contribution is -2.45. The quantitative estimate of drug-likeness (QED) is 0.915. The molecule has 1 aromatic rings. The maximum absolute atomic E-state index is 12.2. The summed E-state index contributed by atoms with van der Waals surface area (Å²) in [7, 11) is 0. The molecule has 1 amide bonds. The maximum atomic E-state index is 12.2. The van der Waals surface area contributed by atoms with E-state index in [1.807, 2.05) is 13.8 Å². The van der Waals surface area contributed by atoms with E-state index in [1.165, 1.54) is 18.4 Å². The molecule has 0 unspecified atom stereocenters. The van der Waals surface area contributed by atoms with Crippen molar-refractivity contribution in [3.63, 3.8) is 0 Å². The van der Waals surface area contributed by atoms with Gasteiger partial charge >= 0.3 is 0 Å². The molecule has 122 valence electrons. The highest BCUT2D eigenvalue weighted by molar-refractivity contribution is 5.78. The van der Waals surface area contributed by atoms with Gasteiger partial charge in [0.25, 0.3) is 5.91 Å². The number of hydrogen-bond donors (Lipinski definition) is 1. The summed E-state index contributed by atoms with van der Waals surface area (Å²) in [6.45, 7) is 10.7. The monoisotopic (exact) mass is 303 g/mol. The average Bonchev–Trinajstić information content (AvgIpc) is 2.42. The highest BCUT2D eigenvalue weighted by Crippen LogP contribution is 2.29. The van der Waals surface area contributed by atoms with Crippen molar-refractivity contribution in [1.29, 1.82) is 0 Å². The van der Waals surface area contributed by atoms with Crippen LogP contribution < -0.4 is 10.1 Å². The summed E-state index contributed by atoms with van der Waals surface area (Å²) < 4.78 is 5.78. The van der Waals surface area contributed by atoms with Gasteiger partial charge in [-0.25, -0.2) is 0 Å². The number of hydrogen-bond acceptors (Lipinski definition) is 2. The Kier molecular flexibility index (Phi) is 5.49. The molecule has 1 aliphatic rings. The molecule has 0 bridgehead atoms. The van der Waals surface area contributed by atoms with Crippen LogP contribution in [-0.2, 0) is 4.79 Å². The minimum absolute atomic E-state index is 0.00896. The number of nitrogens with one attached hydrogen (secondary N) is 1. The number of carbonyl (C=O) groups excluding carboxylic acids is 1. The molecule has 3 nitrogen and oxygen atoms in total. The van der Waals surface area contributed by atoms with Crippen LogP contribution in [0.1, 0.15) is 49.8 Å². The van der Waals surface area contributed by atoms with Crippen molar-refractivity contribution in [1.82, 2.24) is 5.32 Å². The third kappa shape index (κ3) is 4.02. The number of ether oxygens (including phenoxy) is 1. The Morgan fingerprint density at radius 1 is 1.18 bits per heavy atom. The van der Waals surface area contributed by atoms with Crippen molar-refractivity contribution >= 4 is 5.91 Å². The Morgan fingerprint density at radius 3 is 2.45 bits per heavy atom. The van der Waals surface area contributed by atoms with Gasteiger partial charge in [-0.2, -0.15) is 0 Å². The van der Waals surface area contributed by atoms with Crippen molar-refractivity contribution in [2.45, 2.75) is 59.9 Å². The molecule has 0 heterocycles. The van der Waals surface area contributed by atoms with E-state index in [9.17, 15) is 4.79 Å². The summed E-state index contributed by atoms with van der Waals surface area (Å²) >= 11 is 0. The molecule has 0 spiro atoms. The summed E-state index contributed by atoms with van der Waals surface area (Å²) in [6.07, 6.45) is 3.55. The van der Waals surface area contributed by atoms with E-state index >= 15 is 0 Å². The SMILES string of the molecule is Cc1cc(C)c(OCC(=O)N[C@H]2CCC[C@@H](C)[C@@H]2C)c(C)c1. The van der Waals surface area contributed by atoms with E-state index in [2.05, 4.69) is 38.2 Å². The summed E-state index contributed by atoms with van der Waals surface area (Å²) in [5.74, 6) is 2.05. The Balaban J connectivity index is 1.91. The second kappa shape index (κ2) is 7.17. The second-order valence-corrected chi connectivity index (χ2v) is 6.96. The largest absolute Gasteiger partial charge is 0.483 e. The van der Waals surface area contributed by atoms with E-state index in [0.717, 1.165) is 23.3 Å². The molecule has 0 radical (unpaired) electrons. The number of benzene rings is 1. The van der Waals surface area contributed by atoms with Crippen LogP contribution >= 0.6 is 0 Å². The first-order chi connectivity index (χ1) is 10.4. The van der Waals surface area contributed by atoms with Crippen LogP contribution in [0, 0.1) is 32.6 Å². The Labute approximate surface area is 134 Å². The topological polar surface area (TPSA) is 38.3 Å². The smallest absolute Gasteiger partial charge is 0.258 e. The van der Waals surface area contributed by atoms with Crippen LogP contribution in [0.15, 0.2) is 12.1 Å². The zero-order chi connectivity index (χ0) is 16.3. The molecule has 0 aliphatic heterocycles. The highest BCUT2D eigenvalue weighted by Gasteiger charge is 2.28. The zero-order valence-corrected chi connectivity index (χ0v) is 14.5. The van der Waals surface area contributed by atoms with Crippen molar-refractivity contribution in [3.05, 3.63) is 28.8 Å². The Morgan fingerprint density at radius 2 is 1.82 bits per heavy atom. The third-order valence-electron chi connectivity index (χ3n) is 5.01. The maximum Gasteiger partial charge on any atom is 0.258 e. The minimum Gasteiger partial charge on any atom is -0.483 e. The lowest BCUT2D eigenvalue weighted by Gasteiger charge is -2.34. The molecule has 0 saturated heterocycles. The molecule has 1 saturated carbocycles. The zero-order valence-electron chi connectivity index (χ0n) is 14.5. The molecule has 0 aromatic heterocycles. The van der Waals surface area contributed by atoms with Gasteiger partial charge in [-0.15, -0.1) is 0 Å². The van der Waals surface area contributed by atoms with Crippen LogP contribution in [0.4, 0.5) is 0 Å². The highest BCUT2D eigenvalue weighted by atomic mass is 16.5. The van der Waals surface area contributed by atoms with Crippen molar-refractivity contribution in [2.24, 2.45) is 11.8 Å². The summed E-state index contributed by atoms with van der Waals surface area (Å²) in [4.78, 5) is 12.2. The average molecular weight is 303 g/mol. The van der Waals surface area contributed by atoms with Crippen LogP contribution in [-0.4, -0.2) is 18.6 Å². The summed E-state index contributed by atoms with van der Waals surface area (Å²) in [5, 5.41) is 3.16. The van der Waals surface area contributed by atoms with Gasteiger partial charge in [0, 0.05) is 6.04 Å². The lowest BCUT2D eigenvalue weighted by molar-refractivity contribution is -0.124. The third-order valence-corrected chi connectivity index (χ3v) is 5.01. The van der Waals surface area contributed by atoms with Crippen LogP contribution in [0.25, 0.3) is 0 Å². The molecular weight excluding hydrogens is 274 g/mol. The predicted molar refractivity (Wildman–Crippen MR) is 90.3 cm³/mol. The molecule has 3 atom stereocenters. The Bertz CT molecular complexity index is 515. The summed E-state index contributed by atoms with van der Waals surface area (Å²) in [6, 6.07) is 4.47. The van der Waals surface area contributed by atoms with Gasteiger partial charge in [0.1, 0.15) is 5.75 Å². The minimum atomic E-state index is -0.00896. The van der Waals surface area contributed by atoms with E-state index in [4.69, 9.17) is 4.74 Å². The molecule has 3 heteroatoms. The first-order valence-electron chi connectivity index (χ1n) is 8.38. The van der Waals surface area contributed by atoms with Gasteiger partial charge in [0.2, 0.25) is 0 Å². The molecular formula is C19H29NO2. The predicted octanol–water partition coefficient (Wildman–Crippen LogP) is 3.93. The van der Waals surface area contributed by atoms with Gasteiger partial charge in [-0.05, 0) is 50.2 Å². The standard InChI is InChI=1S/C19H29NO2/c1-12-9-14(3)19(15(4)10-12)22-11-18(21)20-17-8-6-7-13(2)16(17)5/h9-10,13,16-17H,6-8,11H2,1-5H3,(H,20,21)/t13-,16+,17+/m1/s1. The van der Waals surface area contributed by atoms with E-state index in [1.54, 1.807) is 0 Å². The van der Waals surface area contributed by atoms with Gasteiger partial charge < -0.3 is 10.1 Å². The fourth-order valence-corrected chi connectivity index (χ4v) is 3.57. The van der Waals surface area contributed by atoms with Crippen LogP contribution in [0.5, 0.6) is 5.75 Å². The van der Waals surface area contributed by atoms with Gasteiger partial charge in [-0.1, -0.05) is 44.4 Å². The first-order valence-corrected chi connectivity index (χ1v) is 8.38. The van der Waals surface area contributed by atoms with Crippen LogP contribution in [0.2, 0.25) is 0 Å². The molecule has 1 N–H and O–H groups in total. The normalized spacial score (nSPS) is 24.9. The summed E-state index contributed by atoms with van der Waals surface area (Å²) in [5.41, 5.74) is 3.40. The van der Waals surface area contributed by atoms with Gasteiger partial charge in [0.05, 0.1) is 0 Å². The number of rotatable bonds is 4. The fourth-order valence-electron chi connectivity index (χ4n) is 3.57. The first kappa shape index (κ1) is 16.9. The van der Waals surface area contributed by atoms with Crippen molar-refractivity contribution in [3.8, 4) is 5.75 Å². The number of amides is 1. The second-order valence-electron chi connectivity index (χ2n) is 6.96. The molecule has 1 fully saturated rings. The van der Waals surface area contributed by atoms with Crippen molar-refractivity contribution < 1.29 is 9.53 Å². The molecule has 2 rings (SSSR count). The number of aryl methyl sites for hydroxylation is 3.